The van der Waals surface area contributed by atoms with E-state index in [1.807, 2.05) is 13.0 Å². The molecule has 130 valence electrons. The molecule has 2 aromatic rings. The van der Waals surface area contributed by atoms with Crippen LogP contribution in [-0.2, 0) is 17.1 Å². The number of rotatable bonds is 5. The van der Waals surface area contributed by atoms with Gasteiger partial charge >= 0.3 is 0 Å². The van der Waals surface area contributed by atoms with E-state index < -0.39 is 10.0 Å². The Morgan fingerprint density at radius 2 is 1.88 bits per heavy atom. The zero-order valence-electron chi connectivity index (χ0n) is 14.7. The van der Waals surface area contributed by atoms with Crippen LogP contribution in [0.3, 0.4) is 0 Å². The lowest BCUT2D eigenvalue weighted by molar-refractivity contribution is 0.410. The van der Waals surface area contributed by atoms with Crippen LogP contribution in [-0.4, -0.2) is 25.3 Å². The van der Waals surface area contributed by atoms with Gasteiger partial charge in [0.25, 0.3) is 10.0 Å². The van der Waals surface area contributed by atoms with Crippen LogP contribution >= 0.6 is 0 Å². The van der Waals surface area contributed by atoms with Crippen LogP contribution in [0.1, 0.15) is 41.1 Å². The lowest BCUT2D eigenvalue weighted by Gasteiger charge is -2.17. The van der Waals surface area contributed by atoms with Crippen molar-refractivity contribution in [3.63, 3.8) is 0 Å². The standard InChI is InChI=1S/C17H23N3O3S/c1-10-8-15(23-5)11(2)12(3)17(10)24(21,22)19-16-9-14(13-6-7-13)18-20(16)4/h8-9,13,19H,6-7H2,1-5H3. The molecule has 0 saturated heterocycles. The predicted molar refractivity (Wildman–Crippen MR) is 93.2 cm³/mol. The number of aromatic nitrogens is 2. The molecule has 24 heavy (non-hydrogen) atoms. The summed E-state index contributed by atoms with van der Waals surface area (Å²) in [6.07, 6.45) is 2.25. The van der Waals surface area contributed by atoms with Crippen LogP contribution in [0.2, 0.25) is 0 Å². The van der Waals surface area contributed by atoms with Crippen molar-refractivity contribution in [1.29, 1.82) is 0 Å². The first kappa shape index (κ1) is 16.8. The van der Waals surface area contributed by atoms with E-state index in [9.17, 15) is 8.42 Å². The number of benzene rings is 1. The van der Waals surface area contributed by atoms with Crippen molar-refractivity contribution in [3.8, 4) is 5.75 Å². The van der Waals surface area contributed by atoms with E-state index in [0.717, 1.165) is 24.1 Å². The van der Waals surface area contributed by atoms with E-state index in [1.54, 1.807) is 38.8 Å². The van der Waals surface area contributed by atoms with Crippen molar-refractivity contribution in [3.05, 3.63) is 34.5 Å². The molecule has 1 aliphatic rings. The molecule has 1 heterocycles. The highest BCUT2D eigenvalue weighted by atomic mass is 32.2. The lowest BCUT2D eigenvalue weighted by Crippen LogP contribution is -2.18. The van der Waals surface area contributed by atoms with Crippen LogP contribution in [0, 0.1) is 20.8 Å². The molecule has 6 nitrogen and oxygen atoms in total. The number of ether oxygens (including phenoxy) is 1. The van der Waals surface area contributed by atoms with Crippen LogP contribution < -0.4 is 9.46 Å². The van der Waals surface area contributed by atoms with Gasteiger partial charge in [0, 0.05) is 19.0 Å². The van der Waals surface area contributed by atoms with Crippen LogP contribution in [0.25, 0.3) is 0 Å². The summed E-state index contributed by atoms with van der Waals surface area (Å²) in [4.78, 5) is 0.301. The average molecular weight is 349 g/mol. The number of anilines is 1. The summed E-state index contributed by atoms with van der Waals surface area (Å²) in [5, 5.41) is 4.41. The molecule has 1 N–H and O–H groups in total. The molecule has 1 aliphatic carbocycles. The van der Waals surface area contributed by atoms with E-state index in [-0.39, 0.29) is 0 Å². The van der Waals surface area contributed by atoms with Gasteiger partial charge in [-0.2, -0.15) is 5.10 Å². The number of hydrogen-bond acceptors (Lipinski definition) is 4. The minimum atomic E-state index is -3.70. The third-order valence-corrected chi connectivity index (χ3v) is 6.24. The van der Waals surface area contributed by atoms with Gasteiger partial charge in [-0.1, -0.05) is 0 Å². The quantitative estimate of drug-likeness (QED) is 0.900. The molecule has 1 saturated carbocycles. The van der Waals surface area contributed by atoms with Gasteiger partial charge < -0.3 is 4.74 Å². The molecule has 1 aromatic heterocycles. The van der Waals surface area contributed by atoms with Crippen molar-refractivity contribution in [2.75, 3.05) is 11.8 Å². The van der Waals surface area contributed by atoms with Gasteiger partial charge in [-0.25, -0.2) is 8.42 Å². The molecule has 0 amide bonds. The Kier molecular flexibility index (Phi) is 4.07. The van der Waals surface area contributed by atoms with Gasteiger partial charge in [0.05, 0.1) is 17.7 Å². The van der Waals surface area contributed by atoms with Gasteiger partial charge in [0.15, 0.2) is 0 Å². The monoisotopic (exact) mass is 349 g/mol. The molecule has 0 atom stereocenters. The van der Waals surface area contributed by atoms with Crippen LogP contribution in [0.15, 0.2) is 17.0 Å². The molecule has 1 fully saturated rings. The van der Waals surface area contributed by atoms with Gasteiger partial charge in [0.2, 0.25) is 0 Å². The summed E-state index contributed by atoms with van der Waals surface area (Å²) in [5.74, 6) is 1.66. The highest BCUT2D eigenvalue weighted by molar-refractivity contribution is 7.92. The first-order chi connectivity index (χ1) is 11.2. The van der Waals surface area contributed by atoms with Crippen molar-refractivity contribution >= 4 is 15.8 Å². The Bertz CT molecular complexity index is 896. The van der Waals surface area contributed by atoms with E-state index >= 15 is 0 Å². The number of sulfonamides is 1. The summed E-state index contributed by atoms with van der Waals surface area (Å²) < 4.78 is 35.5. The van der Waals surface area contributed by atoms with Crippen molar-refractivity contribution in [2.24, 2.45) is 7.05 Å². The third-order valence-electron chi connectivity index (χ3n) is 4.60. The van der Waals surface area contributed by atoms with E-state index in [1.165, 1.54) is 0 Å². The Labute approximate surface area is 142 Å². The maximum Gasteiger partial charge on any atom is 0.263 e. The Balaban J connectivity index is 2.01. The molecule has 7 heteroatoms. The average Bonchev–Trinajstić information content (AvgIpc) is 3.28. The molecule has 0 radical (unpaired) electrons. The fourth-order valence-corrected chi connectivity index (χ4v) is 4.61. The predicted octanol–water partition coefficient (Wildman–Crippen LogP) is 3.03. The molecule has 1 aromatic carbocycles. The molecular formula is C17H23N3O3S. The Hall–Kier alpha value is -2.02. The normalized spacial score (nSPS) is 14.7. The molecule has 0 aliphatic heterocycles. The van der Waals surface area contributed by atoms with E-state index in [2.05, 4.69) is 9.82 Å². The first-order valence-corrected chi connectivity index (χ1v) is 9.44. The minimum Gasteiger partial charge on any atom is -0.496 e. The second-order valence-corrected chi connectivity index (χ2v) is 8.05. The number of nitrogens with zero attached hydrogens (tertiary/aromatic N) is 2. The Morgan fingerprint density at radius 3 is 2.46 bits per heavy atom. The number of methoxy groups -OCH3 is 1. The summed E-state index contributed by atoms with van der Waals surface area (Å²) in [7, 11) is -0.364. The highest BCUT2D eigenvalue weighted by Gasteiger charge is 2.29. The maximum atomic E-state index is 12.9. The maximum absolute atomic E-state index is 12.9. The second kappa shape index (κ2) is 5.81. The fourth-order valence-electron chi connectivity index (χ4n) is 3.00. The van der Waals surface area contributed by atoms with Crippen LogP contribution in [0.4, 0.5) is 5.82 Å². The number of hydrogen-bond donors (Lipinski definition) is 1. The molecular weight excluding hydrogens is 326 g/mol. The van der Waals surface area contributed by atoms with Gasteiger partial charge in [-0.15, -0.1) is 0 Å². The second-order valence-electron chi connectivity index (χ2n) is 6.43. The van der Waals surface area contributed by atoms with Gasteiger partial charge in [-0.05, 0) is 56.4 Å². The third kappa shape index (κ3) is 2.88. The molecule has 0 unspecified atom stereocenters. The van der Waals surface area contributed by atoms with Crippen LogP contribution in [0.5, 0.6) is 5.75 Å². The van der Waals surface area contributed by atoms with E-state index in [0.29, 0.717) is 33.5 Å². The number of nitrogens with one attached hydrogen (secondary N) is 1. The smallest absolute Gasteiger partial charge is 0.263 e. The van der Waals surface area contributed by atoms with Crippen molar-refractivity contribution < 1.29 is 13.2 Å². The lowest BCUT2D eigenvalue weighted by atomic mass is 10.1. The minimum absolute atomic E-state index is 0.301. The highest BCUT2D eigenvalue weighted by Crippen LogP contribution is 2.40. The van der Waals surface area contributed by atoms with Crippen molar-refractivity contribution in [1.82, 2.24) is 9.78 Å². The molecule has 3 rings (SSSR count). The summed E-state index contributed by atoms with van der Waals surface area (Å²) in [5.41, 5.74) is 3.14. The number of aryl methyl sites for hydroxylation is 2. The van der Waals surface area contributed by atoms with Gasteiger partial charge in [0.1, 0.15) is 11.6 Å². The topological polar surface area (TPSA) is 73.2 Å². The zero-order chi connectivity index (χ0) is 17.6. The zero-order valence-corrected chi connectivity index (χ0v) is 15.5. The first-order valence-electron chi connectivity index (χ1n) is 7.96. The Morgan fingerprint density at radius 1 is 1.21 bits per heavy atom. The largest absolute Gasteiger partial charge is 0.496 e. The van der Waals surface area contributed by atoms with Crippen molar-refractivity contribution in [2.45, 2.75) is 44.4 Å². The summed E-state index contributed by atoms with van der Waals surface area (Å²) >= 11 is 0. The fraction of sp³-hybridized carbons (Fsp3) is 0.471. The van der Waals surface area contributed by atoms with E-state index in [4.69, 9.17) is 4.74 Å². The SMILES string of the molecule is COc1cc(C)c(S(=O)(=O)Nc2cc(C3CC3)nn2C)c(C)c1C. The van der Waals surface area contributed by atoms with Gasteiger partial charge in [-0.3, -0.25) is 9.40 Å². The summed E-state index contributed by atoms with van der Waals surface area (Å²) in [6.45, 7) is 5.45. The summed E-state index contributed by atoms with van der Waals surface area (Å²) in [6, 6.07) is 3.59. The molecule has 0 spiro atoms. The molecule has 0 bridgehead atoms.